The monoisotopic (exact) mass is 567 g/mol. The van der Waals surface area contributed by atoms with Crippen LogP contribution in [-0.2, 0) is 10.0 Å². The van der Waals surface area contributed by atoms with Gasteiger partial charge in [-0.05, 0) is 58.5 Å². The summed E-state index contributed by atoms with van der Waals surface area (Å²) in [5.74, 6) is 0.995. The third-order valence-electron chi connectivity index (χ3n) is 6.25. The van der Waals surface area contributed by atoms with E-state index in [-0.39, 0.29) is 11.7 Å². The maximum atomic E-state index is 13.0. The van der Waals surface area contributed by atoms with Gasteiger partial charge in [0.05, 0.1) is 16.4 Å². The molecule has 0 spiro atoms. The highest BCUT2D eigenvalue weighted by Gasteiger charge is 2.27. The zero-order chi connectivity index (χ0) is 25.1. The van der Waals surface area contributed by atoms with Gasteiger partial charge in [-0.15, -0.1) is 0 Å². The number of aromatic hydroxyl groups is 1. The molecule has 1 saturated heterocycles. The Balaban J connectivity index is 1.33. The SMILES string of the molecule is O=S(=O)(/C=C/c1ccccc1)N1CCCC(CNc2cc(-c3ccccc3O)nc3c(Br)cnn23)C1. The summed E-state index contributed by atoms with van der Waals surface area (Å²) in [5.41, 5.74) is 2.71. The topological polar surface area (TPSA) is 99.8 Å². The maximum absolute atomic E-state index is 13.0. The molecule has 0 radical (unpaired) electrons. The molecule has 3 heterocycles. The first-order valence-corrected chi connectivity index (χ1v) is 14.0. The number of nitrogens with one attached hydrogen (secondary N) is 1. The Hall–Kier alpha value is -3.21. The first kappa shape index (κ1) is 24.5. The summed E-state index contributed by atoms with van der Waals surface area (Å²) in [6.07, 6.45) is 5.04. The smallest absolute Gasteiger partial charge is 0.236 e. The fourth-order valence-electron chi connectivity index (χ4n) is 4.38. The fraction of sp³-hybridized carbons (Fsp3) is 0.231. The molecule has 1 aliphatic heterocycles. The van der Waals surface area contributed by atoms with Gasteiger partial charge in [0, 0.05) is 36.7 Å². The number of nitrogens with zero attached hydrogens (tertiary/aromatic N) is 4. The molecule has 1 aliphatic rings. The second kappa shape index (κ2) is 10.4. The minimum atomic E-state index is -3.51. The summed E-state index contributed by atoms with van der Waals surface area (Å²) in [5, 5.41) is 19.5. The number of anilines is 1. The predicted octanol–water partition coefficient (Wildman–Crippen LogP) is 4.99. The average molecular weight is 568 g/mol. The first-order valence-electron chi connectivity index (χ1n) is 11.7. The van der Waals surface area contributed by atoms with Gasteiger partial charge in [-0.1, -0.05) is 42.5 Å². The van der Waals surface area contributed by atoms with Crippen molar-refractivity contribution in [3.05, 3.63) is 82.3 Å². The van der Waals surface area contributed by atoms with Crippen molar-refractivity contribution in [2.24, 2.45) is 5.92 Å². The van der Waals surface area contributed by atoms with E-state index < -0.39 is 10.0 Å². The molecule has 0 amide bonds. The molecule has 8 nitrogen and oxygen atoms in total. The Morgan fingerprint density at radius 1 is 1.14 bits per heavy atom. The largest absolute Gasteiger partial charge is 0.507 e. The lowest BCUT2D eigenvalue weighted by atomic mass is 10.00. The average Bonchev–Trinajstić information content (AvgIpc) is 3.28. The van der Waals surface area contributed by atoms with Crippen LogP contribution in [-0.4, -0.2) is 52.1 Å². The van der Waals surface area contributed by atoms with Crippen molar-refractivity contribution in [3.63, 3.8) is 0 Å². The fourth-order valence-corrected chi connectivity index (χ4v) is 6.03. The van der Waals surface area contributed by atoms with Crippen LogP contribution < -0.4 is 5.32 Å². The van der Waals surface area contributed by atoms with Crippen molar-refractivity contribution < 1.29 is 13.5 Å². The van der Waals surface area contributed by atoms with Crippen LogP contribution in [0.2, 0.25) is 0 Å². The molecule has 186 valence electrons. The van der Waals surface area contributed by atoms with E-state index in [0.717, 1.165) is 22.9 Å². The minimum Gasteiger partial charge on any atom is -0.507 e. The number of halogens is 1. The van der Waals surface area contributed by atoms with Gasteiger partial charge in [-0.3, -0.25) is 0 Å². The Bertz CT molecular complexity index is 1500. The van der Waals surface area contributed by atoms with Crippen molar-refractivity contribution in [1.29, 1.82) is 0 Å². The van der Waals surface area contributed by atoms with Crippen molar-refractivity contribution in [3.8, 4) is 17.0 Å². The number of sulfonamides is 1. The lowest BCUT2D eigenvalue weighted by Crippen LogP contribution is -2.41. The molecule has 1 atom stereocenters. The lowest BCUT2D eigenvalue weighted by molar-refractivity contribution is 0.277. The van der Waals surface area contributed by atoms with Crippen LogP contribution in [0.15, 0.2) is 76.7 Å². The van der Waals surface area contributed by atoms with Crippen LogP contribution in [0, 0.1) is 5.92 Å². The summed E-state index contributed by atoms with van der Waals surface area (Å²) >= 11 is 3.50. The Morgan fingerprint density at radius 2 is 1.92 bits per heavy atom. The number of phenols is 1. The molecule has 36 heavy (non-hydrogen) atoms. The summed E-state index contributed by atoms with van der Waals surface area (Å²) in [7, 11) is -3.51. The molecule has 1 unspecified atom stereocenters. The Labute approximate surface area is 218 Å². The summed E-state index contributed by atoms with van der Waals surface area (Å²) in [6.45, 7) is 1.53. The van der Waals surface area contributed by atoms with Crippen LogP contribution >= 0.6 is 15.9 Å². The number of rotatable bonds is 7. The Kier molecular flexibility index (Phi) is 7.08. The number of fused-ring (bicyclic) bond motifs is 1. The van der Waals surface area contributed by atoms with Crippen LogP contribution in [0.25, 0.3) is 23.0 Å². The number of benzene rings is 2. The van der Waals surface area contributed by atoms with Crippen LogP contribution in [0.4, 0.5) is 5.82 Å². The third-order valence-corrected chi connectivity index (χ3v) is 8.35. The van der Waals surface area contributed by atoms with Gasteiger partial charge in [-0.2, -0.15) is 13.9 Å². The number of para-hydroxylation sites is 1. The molecule has 2 aromatic heterocycles. The maximum Gasteiger partial charge on any atom is 0.236 e. The standard InChI is InChI=1S/C26H26BrN5O3S/c27-22-17-29-32-25(15-23(30-26(22)32)21-10-4-5-11-24(21)33)28-16-20-9-6-13-31(18-20)36(34,35)14-12-19-7-2-1-3-8-19/h1-5,7-8,10-12,14-15,17,20,28,33H,6,9,13,16,18H2/b14-12+. The minimum absolute atomic E-state index is 0.134. The van der Waals surface area contributed by atoms with Gasteiger partial charge < -0.3 is 10.4 Å². The van der Waals surface area contributed by atoms with Crippen molar-refractivity contribution in [2.75, 3.05) is 25.0 Å². The van der Waals surface area contributed by atoms with E-state index in [1.807, 2.05) is 48.5 Å². The van der Waals surface area contributed by atoms with Gasteiger partial charge in [0.25, 0.3) is 0 Å². The third kappa shape index (κ3) is 5.30. The molecule has 5 rings (SSSR count). The van der Waals surface area contributed by atoms with Gasteiger partial charge in [0.1, 0.15) is 11.6 Å². The molecular formula is C26H26BrN5O3S. The molecule has 0 saturated carbocycles. The Morgan fingerprint density at radius 3 is 2.72 bits per heavy atom. The normalized spacial score (nSPS) is 17.1. The van der Waals surface area contributed by atoms with Crippen molar-refractivity contribution >= 4 is 43.5 Å². The van der Waals surface area contributed by atoms with E-state index in [9.17, 15) is 13.5 Å². The number of hydrogen-bond donors (Lipinski definition) is 2. The zero-order valence-corrected chi connectivity index (χ0v) is 21.9. The van der Waals surface area contributed by atoms with E-state index in [2.05, 4.69) is 31.3 Å². The van der Waals surface area contributed by atoms with E-state index in [1.165, 1.54) is 5.41 Å². The summed E-state index contributed by atoms with van der Waals surface area (Å²) < 4.78 is 29.9. The lowest BCUT2D eigenvalue weighted by Gasteiger charge is -2.31. The van der Waals surface area contributed by atoms with Gasteiger partial charge >= 0.3 is 0 Å². The van der Waals surface area contributed by atoms with Gasteiger partial charge in [0.15, 0.2) is 5.65 Å². The van der Waals surface area contributed by atoms with Gasteiger partial charge in [0.2, 0.25) is 10.0 Å². The summed E-state index contributed by atoms with van der Waals surface area (Å²) in [4.78, 5) is 4.67. The molecular weight excluding hydrogens is 542 g/mol. The molecule has 10 heteroatoms. The highest BCUT2D eigenvalue weighted by Crippen LogP contribution is 2.31. The molecule has 2 aromatic carbocycles. The van der Waals surface area contributed by atoms with E-state index in [0.29, 0.717) is 42.4 Å². The number of piperidine rings is 1. The molecule has 2 N–H and O–H groups in total. The quantitative estimate of drug-likeness (QED) is 0.326. The van der Waals surface area contributed by atoms with E-state index >= 15 is 0 Å². The van der Waals surface area contributed by atoms with E-state index in [4.69, 9.17) is 0 Å². The highest BCUT2D eigenvalue weighted by atomic mass is 79.9. The zero-order valence-electron chi connectivity index (χ0n) is 19.5. The van der Waals surface area contributed by atoms with Crippen molar-refractivity contribution in [2.45, 2.75) is 12.8 Å². The number of aromatic nitrogens is 3. The number of hydrogen-bond acceptors (Lipinski definition) is 6. The number of phenolic OH excluding ortho intramolecular Hbond substituents is 1. The molecule has 0 bridgehead atoms. The van der Waals surface area contributed by atoms with Gasteiger partial charge in [-0.25, -0.2) is 13.4 Å². The van der Waals surface area contributed by atoms with Crippen LogP contribution in [0.3, 0.4) is 0 Å². The molecule has 4 aromatic rings. The van der Waals surface area contributed by atoms with Crippen molar-refractivity contribution in [1.82, 2.24) is 18.9 Å². The van der Waals surface area contributed by atoms with Crippen LogP contribution in [0.1, 0.15) is 18.4 Å². The van der Waals surface area contributed by atoms with E-state index in [1.54, 1.807) is 33.2 Å². The second-order valence-electron chi connectivity index (χ2n) is 8.78. The second-order valence-corrected chi connectivity index (χ2v) is 11.5. The predicted molar refractivity (Wildman–Crippen MR) is 145 cm³/mol. The first-order chi connectivity index (χ1) is 17.4. The highest BCUT2D eigenvalue weighted by molar-refractivity contribution is 9.10. The molecule has 0 aliphatic carbocycles. The summed E-state index contributed by atoms with van der Waals surface area (Å²) in [6, 6.07) is 18.3. The molecule has 1 fully saturated rings. The van der Waals surface area contributed by atoms with Crippen LogP contribution in [0.5, 0.6) is 5.75 Å².